The van der Waals surface area contributed by atoms with Gasteiger partial charge in [0.25, 0.3) is 0 Å². The van der Waals surface area contributed by atoms with Crippen molar-refractivity contribution in [2.45, 2.75) is 51.7 Å². The van der Waals surface area contributed by atoms with E-state index in [0.29, 0.717) is 6.04 Å². The highest BCUT2D eigenvalue weighted by Gasteiger charge is 2.23. The van der Waals surface area contributed by atoms with Crippen LogP contribution in [0.2, 0.25) is 0 Å². The van der Waals surface area contributed by atoms with E-state index in [4.69, 9.17) is 0 Å². The summed E-state index contributed by atoms with van der Waals surface area (Å²) in [5.74, 6) is 1.83. The van der Waals surface area contributed by atoms with Crippen molar-refractivity contribution in [2.24, 2.45) is 5.92 Å². The Morgan fingerprint density at radius 1 is 1.39 bits per heavy atom. The SMILES string of the molecule is CC1CCCC(N(C)c2ccc([C@H](C)O)cn2)C1. The second-order valence-electron chi connectivity index (χ2n) is 5.66. The van der Waals surface area contributed by atoms with Crippen LogP contribution in [0.4, 0.5) is 5.82 Å². The number of aliphatic hydroxyl groups excluding tert-OH is 1. The number of nitrogens with zero attached hydrogens (tertiary/aromatic N) is 2. The third-order valence-corrected chi connectivity index (χ3v) is 4.07. The molecule has 0 bridgehead atoms. The zero-order valence-corrected chi connectivity index (χ0v) is 11.6. The highest BCUT2D eigenvalue weighted by molar-refractivity contribution is 5.40. The lowest BCUT2D eigenvalue weighted by molar-refractivity contribution is 0.199. The molecule has 3 nitrogen and oxygen atoms in total. The monoisotopic (exact) mass is 248 g/mol. The molecule has 2 unspecified atom stereocenters. The predicted octanol–water partition coefficient (Wildman–Crippen LogP) is 3.15. The van der Waals surface area contributed by atoms with Gasteiger partial charge in [0.05, 0.1) is 6.10 Å². The van der Waals surface area contributed by atoms with E-state index in [0.717, 1.165) is 17.3 Å². The van der Waals surface area contributed by atoms with E-state index in [2.05, 4.69) is 23.9 Å². The second kappa shape index (κ2) is 5.70. The van der Waals surface area contributed by atoms with Gasteiger partial charge in [-0.2, -0.15) is 0 Å². The Labute approximate surface area is 110 Å². The second-order valence-corrected chi connectivity index (χ2v) is 5.66. The molecule has 0 saturated heterocycles. The average Bonchev–Trinajstić information content (AvgIpc) is 2.38. The van der Waals surface area contributed by atoms with Crippen molar-refractivity contribution in [2.75, 3.05) is 11.9 Å². The van der Waals surface area contributed by atoms with Gasteiger partial charge in [0.15, 0.2) is 0 Å². The largest absolute Gasteiger partial charge is 0.389 e. The van der Waals surface area contributed by atoms with Crippen molar-refractivity contribution in [3.8, 4) is 0 Å². The first kappa shape index (κ1) is 13.3. The Hall–Kier alpha value is -1.09. The van der Waals surface area contributed by atoms with Crippen LogP contribution in [-0.2, 0) is 0 Å². The van der Waals surface area contributed by atoms with Crippen LogP contribution >= 0.6 is 0 Å². The molecule has 1 saturated carbocycles. The molecule has 3 heteroatoms. The fraction of sp³-hybridized carbons (Fsp3) is 0.667. The van der Waals surface area contributed by atoms with Crippen molar-refractivity contribution < 1.29 is 5.11 Å². The van der Waals surface area contributed by atoms with Gasteiger partial charge in [0.2, 0.25) is 0 Å². The summed E-state index contributed by atoms with van der Waals surface area (Å²) < 4.78 is 0. The van der Waals surface area contributed by atoms with Crippen LogP contribution < -0.4 is 4.90 Å². The van der Waals surface area contributed by atoms with Gasteiger partial charge in [0, 0.05) is 19.3 Å². The maximum absolute atomic E-state index is 9.48. The first-order valence-corrected chi connectivity index (χ1v) is 6.94. The van der Waals surface area contributed by atoms with Gasteiger partial charge in [-0.05, 0) is 37.3 Å². The van der Waals surface area contributed by atoms with Gasteiger partial charge >= 0.3 is 0 Å². The van der Waals surface area contributed by atoms with Gasteiger partial charge < -0.3 is 10.0 Å². The lowest BCUT2D eigenvalue weighted by Crippen LogP contribution is -2.36. The van der Waals surface area contributed by atoms with E-state index < -0.39 is 6.10 Å². The topological polar surface area (TPSA) is 36.4 Å². The van der Waals surface area contributed by atoms with E-state index in [1.807, 2.05) is 12.1 Å². The summed E-state index contributed by atoms with van der Waals surface area (Å²) in [5.41, 5.74) is 0.879. The van der Waals surface area contributed by atoms with Gasteiger partial charge in [-0.3, -0.25) is 0 Å². The van der Waals surface area contributed by atoms with Crippen molar-refractivity contribution in [3.63, 3.8) is 0 Å². The quantitative estimate of drug-likeness (QED) is 0.892. The minimum Gasteiger partial charge on any atom is -0.389 e. The van der Waals surface area contributed by atoms with Crippen molar-refractivity contribution >= 4 is 5.82 Å². The molecule has 0 radical (unpaired) electrons. The van der Waals surface area contributed by atoms with Crippen LogP contribution in [0.1, 0.15) is 51.2 Å². The van der Waals surface area contributed by atoms with Crippen LogP contribution in [0.15, 0.2) is 18.3 Å². The molecule has 1 aliphatic carbocycles. The van der Waals surface area contributed by atoms with Crippen LogP contribution in [0.5, 0.6) is 0 Å². The molecule has 1 aromatic heterocycles. The number of aromatic nitrogens is 1. The van der Waals surface area contributed by atoms with Crippen molar-refractivity contribution in [1.29, 1.82) is 0 Å². The van der Waals surface area contributed by atoms with Crippen LogP contribution in [0.25, 0.3) is 0 Å². The fourth-order valence-corrected chi connectivity index (χ4v) is 2.79. The normalized spacial score (nSPS) is 25.8. The first-order chi connectivity index (χ1) is 8.58. The molecular weight excluding hydrogens is 224 g/mol. The summed E-state index contributed by atoms with van der Waals surface area (Å²) in [5, 5.41) is 9.48. The molecule has 0 spiro atoms. The standard InChI is InChI=1S/C15H24N2O/c1-11-5-4-6-14(9-11)17(3)15-8-7-13(10-16-15)12(2)18/h7-8,10-12,14,18H,4-6,9H2,1-3H3/t11?,12-,14?/m0/s1. The number of rotatable bonds is 3. The lowest BCUT2D eigenvalue weighted by atomic mass is 9.86. The van der Waals surface area contributed by atoms with Crippen molar-refractivity contribution in [1.82, 2.24) is 4.98 Å². The molecule has 1 N–H and O–H groups in total. The molecule has 100 valence electrons. The molecular formula is C15H24N2O. The van der Waals surface area contributed by atoms with Gasteiger partial charge in [0.1, 0.15) is 5.82 Å². The number of hydrogen-bond donors (Lipinski definition) is 1. The zero-order chi connectivity index (χ0) is 13.1. The third-order valence-electron chi connectivity index (χ3n) is 4.07. The fourth-order valence-electron chi connectivity index (χ4n) is 2.79. The Morgan fingerprint density at radius 3 is 2.72 bits per heavy atom. The minimum absolute atomic E-state index is 0.438. The minimum atomic E-state index is -0.438. The molecule has 0 amide bonds. The number of hydrogen-bond acceptors (Lipinski definition) is 3. The molecule has 2 rings (SSSR count). The molecule has 1 fully saturated rings. The Morgan fingerprint density at radius 2 is 2.17 bits per heavy atom. The summed E-state index contributed by atoms with van der Waals surface area (Å²) in [6, 6.07) is 4.59. The molecule has 1 aliphatic rings. The van der Waals surface area contributed by atoms with Crippen LogP contribution in [0, 0.1) is 5.92 Å². The van der Waals surface area contributed by atoms with Crippen LogP contribution in [-0.4, -0.2) is 23.2 Å². The number of anilines is 1. The van der Waals surface area contributed by atoms with Gasteiger partial charge in [-0.15, -0.1) is 0 Å². The maximum Gasteiger partial charge on any atom is 0.128 e. The highest BCUT2D eigenvalue weighted by atomic mass is 16.3. The summed E-state index contributed by atoms with van der Waals surface area (Å²) in [7, 11) is 2.13. The predicted molar refractivity (Wildman–Crippen MR) is 74.7 cm³/mol. The van der Waals surface area contributed by atoms with Crippen molar-refractivity contribution in [3.05, 3.63) is 23.9 Å². The van der Waals surface area contributed by atoms with Gasteiger partial charge in [-0.1, -0.05) is 25.8 Å². The van der Waals surface area contributed by atoms with E-state index in [1.165, 1.54) is 25.7 Å². The summed E-state index contributed by atoms with van der Waals surface area (Å²) in [6.07, 6.45) is 6.55. The van der Waals surface area contributed by atoms with E-state index in [9.17, 15) is 5.11 Å². The van der Waals surface area contributed by atoms with E-state index in [1.54, 1.807) is 13.1 Å². The third kappa shape index (κ3) is 3.02. The Balaban J connectivity index is 2.05. The summed E-state index contributed by atoms with van der Waals surface area (Å²) in [6.45, 7) is 4.10. The Kier molecular flexibility index (Phi) is 4.23. The van der Waals surface area contributed by atoms with E-state index in [-0.39, 0.29) is 0 Å². The highest BCUT2D eigenvalue weighted by Crippen LogP contribution is 2.29. The number of pyridine rings is 1. The molecule has 1 aromatic rings. The molecule has 0 aliphatic heterocycles. The maximum atomic E-state index is 9.48. The molecule has 18 heavy (non-hydrogen) atoms. The lowest BCUT2D eigenvalue weighted by Gasteiger charge is -2.35. The smallest absolute Gasteiger partial charge is 0.128 e. The summed E-state index contributed by atoms with van der Waals surface area (Å²) in [4.78, 5) is 6.76. The summed E-state index contributed by atoms with van der Waals surface area (Å²) >= 11 is 0. The number of aliphatic hydroxyl groups is 1. The van der Waals surface area contributed by atoms with E-state index >= 15 is 0 Å². The Bertz CT molecular complexity index is 375. The average molecular weight is 248 g/mol. The molecule has 0 aromatic carbocycles. The van der Waals surface area contributed by atoms with Crippen LogP contribution in [0.3, 0.4) is 0 Å². The molecule has 1 heterocycles. The molecule has 3 atom stereocenters. The zero-order valence-electron chi connectivity index (χ0n) is 11.6. The van der Waals surface area contributed by atoms with Gasteiger partial charge in [-0.25, -0.2) is 4.98 Å². The first-order valence-electron chi connectivity index (χ1n) is 6.94.